The van der Waals surface area contributed by atoms with E-state index in [1.807, 2.05) is 6.07 Å². The van der Waals surface area contributed by atoms with Gasteiger partial charge in [0.1, 0.15) is 22.9 Å². The number of nitriles is 2. The van der Waals surface area contributed by atoms with Gasteiger partial charge in [-0.05, 0) is 55.0 Å². The Morgan fingerprint density at radius 1 is 1.13 bits per heavy atom. The number of benzene rings is 1. The predicted octanol–water partition coefficient (Wildman–Crippen LogP) is 3.99. The summed E-state index contributed by atoms with van der Waals surface area (Å²) in [7, 11) is 0. The van der Waals surface area contributed by atoms with Crippen LogP contribution in [-0.2, 0) is 27.2 Å². The van der Waals surface area contributed by atoms with Crippen molar-refractivity contribution in [3.8, 4) is 17.9 Å². The summed E-state index contributed by atoms with van der Waals surface area (Å²) in [4.78, 5) is 25.3. The summed E-state index contributed by atoms with van der Waals surface area (Å²) in [5, 5.41) is 21.2. The number of rotatable bonds is 7. The second-order valence-electron chi connectivity index (χ2n) is 6.89. The van der Waals surface area contributed by atoms with Gasteiger partial charge < -0.3 is 14.8 Å². The Labute approximate surface area is 184 Å². The van der Waals surface area contributed by atoms with Crippen LogP contribution in [-0.4, -0.2) is 25.1 Å². The molecule has 3 rings (SSSR count). The van der Waals surface area contributed by atoms with Crippen molar-refractivity contribution in [2.75, 3.05) is 18.5 Å². The van der Waals surface area contributed by atoms with E-state index in [0.29, 0.717) is 16.3 Å². The highest BCUT2D eigenvalue weighted by molar-refractivity contribution is 7.16. The van der Waals surface area contributed by atoms with Crippen LogP contribution in [0.4, 0.5) is 5.00 Å². The van der Waals surface area contributed by atoms with Gasteiger partial charge in [-0.3, -0.25) is 4.79 Å². The lowest BCUT2D eigenvalue weighted by Crippen LogP contribution is -2.20. The maximum Gasteiger partial charge on any atom is 0.331 e. The maximum absolute atomic E-state index is 12.2. The number of anilines is 1. The van der Waals surface area contributed by atoms with E-state index in [-0.39, 0.29) is 6.61 Å². The van der Waals surface area contributed by atoms with Gasteiger partial charge in [0.25, 0.3) is 5.91 Å². The smallest absolute Gasteiger partial charge is 0.331 e. The van der Waals surface area contributed by atoms with E-state index >= 15 is 0 Å². The second-order valence-corrected chi connectivity index (χ2v) is 7.99. The molecule has 1 aromatic carbocycles. The number of aryl methyl sites for hydroxylation is 1. The van der Waals surface area contributed by atoms with Crippen molar-refractivity contribution in [2.24, 2.45) is 0 Å². The van der Waals surface area contributed by atoms with Gasteiger partial charge in [-0.1, -0.05) is 18.6 Å². The maximum atomic E-state index is 12.2. The first kappa shape index (κ1) is 22.1. The largest absolute Gasteiger partial charge is 0.479 e. The minimum Gasteiger partial charge on any atom is -0.479 e. The highest BCUT2D eigenvalue weighted by Crippen LogP contribution is 2.36. The van der Waals surface area contributed by atoms with Crippen LogP contribution >= 0.6 is 11.3 Å². The zero-order valence-electron chi connectivity index (χ0n) is 16.8. The molecule has 0 bridgehead atoms. The van der Waals surface area contributed by atoms with Gasteiger partial charge in [0.15, 0.2) is 13.2 Å². The third-order valence-electron chi connectivity index (χ3n) is 4.73. The molecule has 8 heteroatoms. The average Bonchev–Trinajstić information content (AvgIpc) is 2.93. The molecule has 1 aliphatic carbocycles. The molecule has 158 valence electrons. The van der Waals surface area contributed by atoms with Crippen LogP contribution in [0.3, 0.4) is 0 Å². The molecule has 1 aliphatic rings. The normalized spacial score (nSPS) is 12.8. The molecule has 0 unspecified atom stereocenters. The van der Waals surface area contributed by atoms with Crippen molar-refractivity contribution in [1.29, 1.82) is 10.5 Å². The summed E-state index contributed by atoms with van der Waals surface area (Å²) in [6.07, 6.45) is 7.85. The van der Waals surface area contributed by atoms with E-state index in [2.05, 4.69) is 11.4 Å². The summed E-state index contributed by atoms with van der Waals surface area (Å²) >= 11 is 1.44. The minimum absolute atomic E-state index is 0.0342. The number of nitrogens with zero attached hydrogens (tertiary/aromatic N) is 2. The minimum atomic E-state index is -0.651. The molecular weight excluding hydrogens is 414 g/mol. The number of hydrogen-bond acceptors (Lipinski definition) is 7. The SMILES string of the molecule is N#CCOc1ccc(/C=C/C(=O)OCC(=O)Nc2sc3c(c2C#N)CCCCC3)cc1. The Hall–Kier alpha value is -3.62. The molecule has 0 atom stereocenters. The van der Waals surface area contributed by atoms with Crippen LogP contribution in [0.1, 0.15) is 40.8 Å². The van der Waals surface area contributed by atoms with Gasteiger partial charge in [0, 0.05) is 11.0 Å². The van der Waals surface area contributed by atoms with Gasteiger partial charge in [0.05, 0.1) is 5.56 Å². The van der Waals surface area contributed by atoms with E-state index in [1.54, 1.807) is 30.3 Å². The van der Waals surface area contributed by atoms with Crippen molar-refractivity contribution in [3.05, 3.63) is 51.9 Å². The fourth-order valence-electron chi connectivity index (χ4n) is 3.25. The molecule has 1 amide bonds. The molecule has 7 nitrogen and oxygen atoms in total. The highest BCUT2D eigenvalue weighted by Gasteiger charge is 2.21. The van der Waals surface area contributed by atoms with Crippen LogP contribution in [0.25, 0.3) is 6.08 Å². The first-order chi connectivity index (χ1) is 15.1. The van der Waals surface area contributed by atoms with Crippen LogP contribution in [0, 0.1) is 22.7 Å². The number of nitrogens with one attached hydrogen (secondary N) is 1. The van der Waals surface area contributed by atoms with Gasteiger partial charge in [-0.2, -0.15) is 10.5 Å². The van der Waals surface area contributed by atoms with Crippen LogP contribution in [0.2, 0.25) is 0 Å². The average molecular weight is 436 g/mol. The number of thiophene rings is 1. The first-order valence-electron chi connectivity index (χ1n) is 9.90. The fourth-order valence-corrected chi connectivity index (χ4v) is 4.51. The lowest BCUT2D eigenvalue weighted by atomic mass is 10.1. The van der Waals surface area contributed by atoms with Crippen molar-refractivity contribution in [3.63, 3.8) is 0 Å². The van der Waals surface area contributed by atoms with E-state index < -0.39 is 18.5 Å². The number of esters is 1. The Balaban J connectivity index is 1.51. The van der Waals surface area contributed by atoms with E-state index in [9.17, 15) is 14.9 Å². The number of ether oxygens (including phenoxy) is 2. The quantitative estimate of drug-likeness (QED) is 0.400. The third kappa shape index (κ3) is 6.18. The molecule has 0 spiro atoms. The Morgan fingerprint density at radius 3 is 2.65 bits per heavy atom. The van der Waals surface area contributed by atoms with Gasteiger partial charge in [0.2, 0.25) is 0 Å². The summed E-state index contributed by atoms with van der Waals surface area (Å²) in [6, 6.07) is 10.9. The van der Waals surface area contributed by atoms with Crippen molar-refractivity contribution < 1.29 is 19.1 Å². The second kappa shape index (κ2) is 11.0. The summed E-state index contributed by atoms with van der Waals surface area (Å²) in [6.45, 7) is -0.467. The summed E-state index contributed by atoms with van der Waals surface area (Å²) in [5.74, 6) is -0.573. The van der Waals surface area contributed by atoms with E-state index in [4.69, 9.17) is 14.7 Å². The Bertz CT molecular complexity index is 1060. The van der Waals surface area contributed by atoms with Crippen molar-refractivity contribution in [2.45, 2.75) is 32.1 Å². The highest BCUT2D eigenvalue weighted by atomic mass is 32.1. The van der Waals surface area contributed by atoms with Gasteiger partial charge in [-0.15, -0.1) is 11.3 Å². The van der Waals surface area contributed by atoms with Crippen molar-refractivity contribution >= 4 is 34.3 Å². The first-order valence-corrected chi connectivity index (χ1v) is 10.7. The van der Waals surface area contributed by atoms with Crippen LogP contribution < -0.4 is 10.1 Å². The lowest BCUT2D eigenvalue weighted by molar-refractivity contribution is -0.142. The van der Waals surface area contributed by atoms with E-state index in [1.165, 1.54) is 17.4 Å². The molecule has 31 heavy (non-hydrogen) atoms. The fraction of sp³-hybridized carbons (Fsp3) is 0.304. The molecule has 0 radical (unpaired) electrons. The van der Waals surface area contributed by atoms with Crippen molar-refractivity contribution in [1.82, 2.24) is 0 Å². The van der Waals surface area contributed by atoms with Gasteiger partial charge in [-0.25, -0.2) is 4.79 Å². The zero-order valence-corrected chi connectivity index (χ0v) is 17.7. The number of carbonyl (C=O) groups excluding carboxylic acids is 2. The molecule has 1 N–H and O–H groups in total. The Kier molecular flexibility index (Phi) is 7.80. The molecule has 0 aliphatic heterocycles. The topological polar surface area (TPSA) is 112 Å². The zero-order chi connectivity index (χ0) is 22.1. The van der Waals surface area contributed by atoms with Gasteiger partial charge >= 0.3 is 5.97 Å². The predicted molar refractivity (Wildman–Crippen MR) is 116 cm³/mol. The third-order valence-corrected chi connectivity index (χ3v) is 5.93. The lowest BCUT2D eigenvalue weighted by Gasteiger charge is -2.04. The molecule has 0 fully saturated rings. The van der Waals surface area contributed by atoms with Crippen LogP contribution in [0.5, 0.6) is 5.75 Å². The molecule has 1 aromatic heterocycles. The number of amides is 1. The number of fused-ring (bicyclic) bond motifs is 1. The Morgan fingerprint density at radius 2 is 1.90 bits per heavy atom. The van der Waals surface area contributed by atoms with Crippen LogP contribution in [0.15, 0.2) is 30.3 Å². The molecule has 0 saturated carbocycles. The molecule has 1 heterocycles. The van der Waals surface area contributed by atoms with E-state index in [0.717, 1.165) is 48.1 Å². The number of hydrogen-bond donors (Lipinski definition) is 1. The standard InChI is InChI=1S/C23H21N3O4S/c24-12-13-29-17-9-6-16(7-10-17)8-11-22(28)30-15-21(27)26-23-19(14-25)18-4-2-1-3-5-20(18)31-23/h6-11H,1-5,13,15H2,(H,26,27)/b11-8+. The monoisotopic (exact) mass is 435 g/mol. The molecule has 2 aromatic rings. The summed E-state index contributed by atoms with van der Waals surface area (Å²) in [5.41, 5.74) is 2.32. The molecule has 0 saturated heterocycles. The number of carbonyl (C=O) groups is 2. The molecular formula is C23H21N3O4S. The summed E-state index contributed by atoms with van der Waals surface area (Å²) < 4.78 is 10.2.